The van der Waals surface area contributed by atoms with Crippen molar-refractivity contribution in [3.63, 3.8) is 0 Å². The van der Waals surface area contributed by atoms with E-state index < -0.39 is 0 Å². The molecule has 1 heterocycles. The zero-order valence-corrected chi connectivity index (χ0v) is 16.6. The van der Waals surface area contributed by atoms with Crippen LogP contribution in [-0.4, -0.2) is 30.5 Å². The lowest BCUT2D eigenvalue weighted by Crippen LogP contribution is -2.14. The standard InChI is InChI=1S/C20H21Cl2N3O/c1-4-25(3)12-23-19-9-13(2)16(10-17(19)22)20-11-18(24-26-20)14-5-7-15(21)8-6-14/h5-10,12,20H,4,11H2,1-3H3. The molecule has 6 heteroatoms. The van der Waals surface area contributed by atoms with Crippen LogP contribution in [-0.2, 0) is 4.84 Å². The number of aliphatic imine (C=N–C) groups is 1. The van der Waals surface area contributed by atoms with Crippen LogP contribution in [0, 0.1) is 6.92 Å². The molecular weight excluding hydrogens is 369 g/mol. The molecule has 3 rings (SSSR count). The molecule has 0 fully saturated rings. The minimum atomic E-state index is -0.144. The average molecular weight is 390 g/mol. The molecule has 1 aliphatic heterocycles. The van der Waals surface area contributed by atoms with Crippen LogP contribution in [0.2, 0.25) is 10.0 Å². The summed E-state index contributed by atoms with van der Waals surface area (Å²) in [6.07, 6.45) is 2.34. The fourth-order valence-corrected chi connectivity index (χ4v) is 3.07. The smallest absolute Gasteiger partial charge is 0.158 e. The molecule has 0 aromatic heterocycles. The zero-order valence-electron chi connectivity index (χ0n) is 15.0. The molecular formula is C20H21Cl2N3O. The zero-order chi connectivity index (χ0) is 18.7. The van der Waals surface area contributed by atoms with Crippen LogP contribution < -0.4 is 0 Å². The molecule has 136 valence electrons. The van der Waals surface area contributed by atoms with Gasteiger partial charge in [-0.3, -0.25) is 0 Å². The van der Waals surface area contributed by atoms with E-state index in [1.807, 2.05) is 55.3 Å². The van der Waals surface area contributed by atoms with Crippen molar-refractivity contribution < 1.29 is 4.84 Å². The monoisotopic (exact) mass is 389 g/mol. The summed E-state index contributed by atoms with van der Waals surface area (Å²) in [5, 5.41) is 5.56. The van der Waals surface area contributed by atoms with E-state index in [9.17, 15) is 0 Å². The summed E-state index contributed by atoms with van der Waals surface area (Å²) in [7, 11) is 1.97. The maximum Gasteiger partial charge on any atom is 0.158 e. The summed E-state index contributed by atoms with van der Waals surface area (Å²) in [4.78, 5) is 12.1. The molecule has 0 saturated heterocycles. The highest BCUT2D eigenvalue weighted by Crippen LogP contribution is 2.36. The van der Waals surface area contributed by atoms with Crippen molar-refractivity contribution in [2.45, 2.75) is 26.4 Å². The number of aryl methyl sites for hydroxylation is 1. The lowest BCUT2D eigenvalue weighted by molar-refractivity contribution is 0.0853. The Bertz CT molecular complexity index is 847. The van der Waals surface area contributed by atoms with E-state index in [-0.39, 0.29) is 6.10 Å². The van der Waals surface area contributed by atoms with Gasteiger partial charge < -0.3 is 9.74 Å². The Morgan fingerprint density at radius 1 is 1.27 bits per heavy atom. The van der Waals surface area contributed by atoms with Gasteiger partial charge in [0.15, 0.2) is 6.10 Å². The van der Waals surface area contributed by atoms with E-state index in [2.05, 4.69) is 17.1 Å². The first kappa shape index (κ1) is 18.7. The van der Waals surface area contributed by atoms with Gasteiger partial charge in [-0.15, -0.1) is 0 Å². The summed E-state index contributed by atoms with van der Waals surface area (Å²) in [6, 6.07) is 11.5. The highest BCUT2D eigenvalue weighted by atomic mass is 35.5. The van der Waals surface area contributed by atoms with Crippen molar-refractivity contribution in [1.82, 2.24) is 4.90 Å². The average Bonchev–Trinajstić information content (AvgIpc) is 3.12. The second kappa shape index (κ2) is 8.11. The largest absolute Gasteiger partial charge is 0.387 e. The fourth-order valence-electron chi connectivity index (χ4n) is 2.73. The van der Waals surface area contributed by atoms with E-state index in [1.54, 1.807) is 6.34 Å². The van der Waals surface area contributed by atoms with Crippen LogP contribution in [0.3, 0.4) is 0 Å². The number of hydrogen-bond acceptors (Lipinski definition) is 3. The SMILES string of the molecule is CCN(C)C=Nc1cc(C)c(C2CC(c3ccc(Cl)cc3)=NO2)cc1Cl. The third-order valence-corrected chi connectivity index (χ3v) is 4.98. The Morgan fingerprint density at radius 2 is 2.00 bits per heavy atom. The van der Waals surface area contributed by atoms with Gasteiger partial charge in [0.25, 0.3) is 0 Å². The second-order valence-electron chi connectivity index (χ2n) is 6.32. The van der Waals surface area contributed by atoms with Gasteiger partial charge >= 0.3 is 0 Å². The molecule has 0 radical (unpaired) electrons. The third kappa shape index (κ3) is 4.19. The van der Waals surface area contributed by atoms with Gasteiger partial charge in [0.05, 0.1) is 22.8 Å². The summed E-state index contributed by atoms with van der Waals surface area (Å²) in [5.74, 6) is 0. The number of nitrogens with zero attached hydrogens (tertiary/aromatic N) is 3. The van der Waals surface area contributed by atoms with Crippen molar-refractivity contribution in [3.8, 4) is 0 Å². The number of rotatable bonds is 5. The van der Waals surface area contributed by atoms with Crippen LogP contribution >= 0.6 is 23.2 Å². The summed E-state index contributed by atoms with van der Waals surface area (Å²) in [5.41, 5.74) is 4.80. The molecule has 0 spiro atoms. The fraction of sp³-hybridized carbons (Fsp3) is 0.300. The molecule has 0 amide bonds. The molecule has 2 aromatic rings. The molecule has 2 aromatic carbocycles. The van der Waals surface area contributed by atoms with E-state index in [0.29, 0.717) is 16.5 Å². The van der Waals surface area contributed by atoms with E-state index in [1.165, 1.54) is 0 Å². The van der Waals surface area contributed by atoms with Crippen molar-refractivity contribution in [3.05, 3.63) is 63.1 Å². The molecule has 26 heavy (non-hydrogen) atoms. The molecule has 0 aliphatic carbocycles. The summed E-state index contributed by atoms with van der Waals surface area (Å²) < 4.78 is 0. The maximum atomic E-state index is 6.44. The van der Waals surface area contributed by atoms with Crippen molar-refractivity contribution in [2.24, 2.45) is 10.1 Å². The molecule has 1 aliphatic rings. The van der Waals surface area contributed by atoms with Crippen LogP contribution in [0.15, 0.2) is 46.5 Å². The quantitative estimate of drug-likeness (QED) is 0.479. The first-order chi connectivity index (χ1) is 12.5. The van der Waals surface area contributed by atoms with Crippen molar-refractivity contribution in [2.75, 3.05) is 13.6 Å². The molecule has 1 unspecified atom stereocenters. The van der Waals surface area contributed by atoms with Gasteiger partial charge in [-0.05, 0) is 54.8 Å². The molecule has 1 atom stereocenters. The minimum absolute atomic E-state index is 0.144. The van der Waals surface area contributed by atoms with Gasteiger partial charge in [-0.2, -0.15) is 0 Å². The van der Waals surface area contributed by atoms with Crippen molar-refractivity contribution in [1.29, 1.82) is 0 Å². The van der Waals surface area contributed by atoms with Crippen LogP contribution in [0.4, 0.5) is 5.69 Å². The molecule has 4 nitrogen and oxygen atoms in total. The number of halogens is 2. The Morgan fingerprint density at radius 3 is 2.69 bits per heavy atom. The molecule has 0 saturated carbocycles. The topological polar surface area (TPSA) is 37.2 Å². The number of oxime groups is 1. The Labute approximate surface area is 164 Å². The maximum absolute atomic E-state index is 6.44. The third-order valence-electron chi connectivity index (χ3n) is 4.42. The summed E-state index contributed by atoms with van der Waals surface area (Å²) >= 11 is 12.4. The predicted molar refractivity (Wildman–Crippen MR) is 109 cm³/mol. The van der Waals surface area contributed by atoms with Gasteiger partial charge in [0.1, 0.15) is 0 Å². The highest BCUT2D eigenvalue weighted by Gasteiger charge is 2.26. The Hall–Kier alpha value is -2.04. The lowest BCUT2D eigenvalue weighted by Gasteiger charge is -2.14. The van der Waals surface area contributed by atoms with E-state index >= 15 is 0 Å². The predicted octanol–water partition coefficient (Wildman–Crippen LogP) is 5.78. The van der Waals surface area contributed by atoms with E-state index in [0.717, 1.165) is 34.6 Å². The van der Waals surface area contributed by atoms with Gasteiger partial charge in [-0.25, -0.2) is 4.99 Å². The van der Waals surface area contributed by atoms with Gasteiger partial charge in [-0.1, -0.05) is 40.5 Å². The number of hydrogen-bond donors (Lipinski definition) is 0. The first-order valence-electron chi connectivity index (χ1n) is 8.51. The molecule has 0 bridgehead atoms. The van der Waals surface area contributed by atoms with E-state index in [4.69, 9.17) is 28.0 Å². The first-order valence-corrected chi connectivity index (χ1v) is 9.26. The Kier molecular flexibility index (Phi) is 5.84. The van der Waals surface area contributed by atoms with Crippen LogP contribution in [0.25, 0.3) is 0 Å². The van der Waals surface area contributed by atoms with Gasteiger partial charge in [0, 0.05) is 25.0 Å². The van der Waals surface area contributed by atoms with Crippen molar-refractivity contribution >= 4 is 40.9 Å². The molecule has 0 N–H and O–H groups in total. The number of benzene rings is 2. The van der Waals surface area contributed by atoms with Crippen LogP contribution in [0.5, 0.6) is 0 Å². The lowest BCUT2D eigenvalue weighted by atomic mass is 9.97. The van der Waals surface area contributed by atoms with Gasteiger partial charge in [0.2, 0.25) is 0 Å². The highest BCUT2D eigenvalue weighted by molar-refractivity contribution is 6.33. The second-order valence-corrected chi connectivity index (χ2v) is 7.16. The normalized spacial score (nSPS) is 16.7. The minimum Gasteiger partial charge on any atom is -0.387 e. The van der Waals surface area contributed by atoms with Crippen LogP contribution in [0.1, 0.15) is 36.1 Å². The Balaban J connectivity index is 1.77. The summed E-state index contributed by atoms with van der Waals surface area (Å²) in [6.45, 7) is 4.99.